The summed E-state index contributed by atoms with van der Waals surface area (Å²) in [5.41, 5.74) is 4.75. The summed E-state index contributed by atoms with van der Waals surface area (Å²) < 4.78 is 0. The van der Waals surface area contributed by atoms with Gasteiger partial charge in [-0.25, -0.2) is 0 Å². The molecule has 3 aromatic rings. The highest BCUT2D eigenvalue weighted by Gasteiger charge is 2.27. The van der Waals surface area contributed by atoms with Crippen LogP contribution in [0, 0.1) is 0 Å². The van der Waals surface area contributed by atoms with Gasteiger partial charge in [0.15, 0.2) is 0 Å². The van der Waals surface area contributed by atoms with Crippen LogP contribution in [0.3, 0.4) is 0 Å². The summed E-state index contributed by atoms with van der Waals surface area (Å²) in [6.07, 6.45) is 5.69. The molecule has 134 valence electrons. The maximum absolute atomic E-state index is 12.6. The van der Waals surface area contributed by atoms with E-state index in [-0.39, 0.29) is 11.8 Å². The zero-order chi connectivity index (χ0) is 18.1. The number of halogens is 1. The van der Waals surface area contributed by atoms with Gasteiger partial charge in [-0.1, -0.05) is 48.9 Å². The summed E-state index contributed by atoms with van der Waals surface area (Å²) in [5, 5.41) is 5.03. The third-order valence-corrected chi connectivity index (χ3v) is 5.45. The summed E-state index contributed by atoms with van der Waals surface area (Å²) in [6, 6.07) is 14.6. The van der Waals surface area contributed by atoms with E-state index < -0.39 is 0 Å². The van der Waals surface area contributed by atoms with Crippen LogP contribution < -0.4 is 5.32 Å². The monoisotopic (exact) mass is 366 g/mol. The van der Waals surface area contributed by atoms with Gasteiger partial charge >= 0.3 is 0 Å². The lowest BCUT2D eigenvalue weighted by molar-refractivity contribution is -0.121. The topological polar surface area (TPSA) is 44.9 Å². The van der Waals surface area contributed by atoms with Gasteiger partial charge in [-0.15, -0.1) is 0 Å². The van der Waals surface area contributed by atoms with Crippen LogP contribution in [0.1, 0.15) is 48.8 Å². The first kappa shape index (κ1) is 17.2. The molecule has 4 rings (SSSR count). The van der Waals surface area contributed by atoms with Gasteiger partial charge in [-0.05, 0) is 48.1 Å². The maximum atomic E-state index is 12.6. The molecule has 1 heterocycles. The van der Waals surface area contributed by atoms with Crippen LogP contribution in [-0.4, -0.2) is 16.9 Å². The Labute approximate surface area is 158 Å². The minimum absolute atomic E-state index is 0.00636. The largest absolute Gasteiger partial charge is 0.361 e. The number of para-hydroxylation sites is 1. The van der Waals surface area contributed by atoms with E-state index in [1.165, 1.54) is 22.0 Å². The van der Waals surface area contributed by atoms with Gasteiger partial charge in [-0.3, -0.25) is 4.79 Å². The molecule has 4 heteroatoms. The van der Waals surface area contributed by atoms with Crippen molar-refractivity contribution in [2.75, 3.05) is 0 Å². The molecular formula is C22H23ClN2O. The van der Waals surface area contributed by atoms with Crippen molar-refractivity contribution in [2.45, 2.75) is 44.6 Å². The average Bonchev–Trinajstić information content (AvgIpc) is 3.35. The highest BCUT2D eigenvalue weighted by Crippen LogP contribution is 2.35. The molecule has 2 aromatic carbocycles. The van der Waals surface area contributed by atoms with Crippen LogP contribution >= 0.6 is 11.6 Å². The first-order valence-electron chi connectivity index (χ1n) is 9.29. The summed E-state index contributed by atoms with van der Waals surface area (Å²) in [7, 11) is 0. The first-order valence-corrected chi connectivity index (χ1v) is 9.67. The molecule has 1 atom stereocenters. The molecule has 0 radical (unpaired) electrons. The number of hydrogen-bond donors (Lipinski definition) is 2. The summed E-state index contributed by atoms with van der Waals surface area (Å²) in [4.78, 5) is 16.0. The third-order valence-electron chi connectivity index (χ3n) is 5.19. The molecule has 26 heavy (non-hydrogen) atoms. The predicted molar refractivity (Wildman–Crippen MR) is 107 cm³/mol. The predicted octanol–water partition coefficient (Wildman–Crippen LogP) is 5.18. The fourth-order valence-corrected chi connectivity index (χ4v) is 3.75. The van der Waals surface area contributed by atoms with E-state index in [0.717, 1.165) is 24.8 Å². The van der Waals surface area contributed by atoms with E-state index in [2.05, 4.69) is 41.6 Å². The lowest BCUT2D eigenvalue weighted by atomic mass is 9.87. The van der Waals surface area contributed by atoms with E-state index in [1.807, 2.05) is 24.3 Å². The van der Waals surface area contributed by atoms with Gasteiger partial charge in [-0.2, -0.15) is 0 Å². The number of carbonyl (C=O) groups is 1. The summed E-state index contributed by atoms with van der Waals surface area (Å²) in [6.45, 7) is 2.16. The number of aromatic nitrogens is 1. The van der Waals surface area contributed by atoms with Gasteiger partial charge in [0.2, 0.25) is 5.91 Å². The number of aryl methyl sites for hydroxylation is 1. The van der Waals surface area contributed by atoms with E-state index in [9.17, 15) is 4.79 Å². The number of hydrogen-bond acceptors (Lipinski definition) is 1. The molecule has 0 saturated heterocycles. The smallest absolute Gasteiger partial charge is 0.221 e. The van der Waals surface area contributed by atoms with Crippen molar-refractivity contribution < 1.29 is 4.79 Å². The number of H-pyrrole nitrogens is 1. The Bertz CT molecular complexity index is 925. The quantitative estimate of drug-likeness (QED) is 0.620. The summed E-state index contributed by atoms with van der Waals surface area (Å²) >= 11 is 6.07. The zero-order valence-electron chi connectivity index (χ0n) is 14.9. The number of benzene rings is 2. The number of carbonyl (C=O) groups excluding carboxylic acids is 1. The van der Waals surface area contributed by atoms with E-state index in [1.54, 1.807) is 0 Å². The number of rotatable bonds is 6. The van der Waals surface area contributed by atoms with Crippen molar-refractivity contribution in [3.63, 3.8) is 0 Å². The lowest BCUT2D eigenvalue weighted by Gasteiger charge is -2.17. The van der Waals surface area contributed by atoms with Gasteiger partial charge in [0.25, 0.3) is 0 Å². The molecule has 1 aromatic heterocycles. The van der Waals surface area contributed by atoms with Crippen LogP contribution in [-0.2, 0) is 11.2 Å². The Balaban J connectivity index is 1.74. The Morgan fingerprint density at radius 3 is 2.69 bits per heavy atom. The highest BCUT2D eigenvalue weighted by atomic mass is 35.5. The molecular weight excluding hydrogens is 344 g/mol. The molecule has 3 nitrogen and oxygen atoms in total. The van der Waals surface area contributed by atoms with Crippen molar-refractivity contribution in [1.82, 2.24) is 10.3 Å². The van der Waals surface area contributed by atoms with E-state index in [4.69, 9.17) is 11.6 Å². The second-order valence-corrected chi connectivity index (χ2v) is 7.52. The number of nitrogens with one attached hydrogen (secondary N) is 2. The molecule has 1 fully saturated rings. The fraction of sp³-hybridized carbons (Fsp3) is 0.318. The van der Waals surface area contributed by atoms with E-state index in [0.29, 0.717) is 17.5 Å². The number of amides is 1. The van der Waals surface area contributed by atoms with Gasteiger partial charge in [0.1, 0.15) is 0 Å². The molecule has 1 unspecified atom stereocenters. The third kappa shape index (κ3) is 3.49. The Morgan fingerprint density at radius 2 is 2.00 bits per heavy atom. The summed E-state index contributed by atoms with van der Waals surface area (Å²) in [5.74, 6) is 0.125. The Morgan fingerprint density at radius 1 is 1.23 bits per heavy atom. The normalized spacial score (nSPS) is 15.2. The van der Waals surface area contributed by atoms with Crippen molar-refractivity contribution in [2.24, 2.45) is 0 Å². The molecule has 0 spiro atoms. The van der Waals surface area contributed by atoms with Gasteiger partial charge in [0, 0.05) is 40.5 Å². The SMILES string of the molecule is CCc1cccc2c(C(CC(=O)NC3CC3)c3ccc(Cl)cc3)c[nH]c12. The Hall–Kier alpha value is -2.26. The van der Waals surface area contributed by atoms with E-state index >= 15 is 0 Å². The Kier molecular flexibility index (Phi) is 4.73. The van der Waals surface area contributed by atoms with Crippen LogP contribution in [0.15, 0.2) is 48.7 Å². The van der Waals surface area contributed by atoms with Crippen LogP contribution in [0.2, 0.25) is 5.02 Å². The van der Waals surface area contributed by atoms with Crippen molar-refractivity contribution >= 4 is 28.4 Å². The number of fused-ring (bicyclic) bond motifs is 1. The molecule has 0 aliphatic heterocycles. The van der Waals surface area contributed by atoms with Gasteiger partial charge in [0.05, 0.1) is 0 Å². The van der Waals surface area contributed by atoms with Crippen molar-refractivity contribution in [3.05, 3.63) is 70.4 Å². The second kappa shape index (κ2) is 7.16. The van der Waals surface area contributed by atoms with Crippen molar-refractivity contribution in [3.8, 4) is 0 Å². The number of aromatic amines is 1. The average molecular weight is 367 g/mol. The van der Waals surface area contributed by atoms with Crippen molar-refractivity contribution in [1.29, 1.82) is 0 Å². The second-order valence-electron chi connectivity index (χ2n) is 7.09. The zero-order valence-corrected chi connectivity index (χ0v) is 15.6. The lowest BCUT2D eigenvalue weighted by Crippen LogP contribution is -2.27. The minimum atomic E-state index is 0.00636. The molecule has 1 saturated carbocycles. The first-order chi connectivity index (χ1) is 12.7. The van der Waals surface area contributed by atoms with Gasteiger partial charge < -0.3 is 10.3 Å². The fourth-order valence-electron chi connectivity index (χ4n) is 3.62. The minimum Gasteiger partial charge on any atom is -0.361 e. The molecule has 1 amide bonds. The standard InChI is InChI=1S/C22H23ClN2O/c1-2-14-4-3-5-18-20(13-24-22(14)18)19(12-21(26)25-17-10-11-17)15-6-8-16(23)9-7-15/h3-9,13,17,19,24H,2,10-12H2,1H3,(H,25,26). The molecule has 1 aliphatic carbocycles. The molecule has 0 bridgehead atoms. The van der Waals surface area contributed by atoms with Crippen LogP contribution in [0.5, 0.6) is 0 Å². The maximum Gasteiger partial charge on any atom is 0.221 e. The molecule has 2 N–H and O–H groups in total. The van der Waals surface area contributed by atoms with Crippen LogP contribution in [0.25, 0.3) is 10.9 Å². The highest BCUT2D eigenvalue weighted by molar-refractivity contribution is 6.30. The molecule has 1 aliphatic rings. The van der Waals surface area contributed by atoms with Crippen LogP contribution in [0.4, 0.5) is 0 Å².